The van der Waals surface area contributed by atoms with Gasteiger partial charge in [-0.05, 0) is 70.6 Å². The first kappa shape index (κ1) is 67.9. The van der Waals surface area contributed by atoms with E-state index in [2.05, 4.69) is 45.1 Å². The lowest BCUT2D eigenvalue weighted by Gasteiger charge is -2.18. The van der Waals surface area contributed by atoms with E-state index in [1.165, 1.54) is 244 Å². The first-order chi connectivity index (χ1) is 34.5. The maximum atomic E-state index is 12.9. The summed E-state index contributed by atoms with van der Waals surface area (Å²) in [5.41, 5.74) is 0. The standard InChI is InChI=1S/C64H120O6/c1-4-7-10-13-16-19-22-25-28-30-32-34-36-39-42-45-48-51-54-57-63(66)69-60-61(59-68-62(65)56-53-50-47-44-41-38-27-24-21-18-15-12-9-6-3)70-64(67)58-55-52-49-46-43-40-37-35-33-31-29-26-23-20-17-14-11-8-5-2/h24,27,30,32,61H,4-23,25-26,28-29,31,33-60H2,1-3H3/b27-24-,32-30-/t61-/m1/s1. The molecule has 0 aliphatic carbocycles. The Labute approximate surface area is 436 Å². The number of esters is 3. The molecule has 70 heavy (non-hydrogen) atoms. The summed E-state index contributed by atoms with van der Waals surface area (Å²) in [6.45, 7) is 6.68. The summed E-state index contributed by atoms with van der Waals surface area (Å²) in [7, 11) is 0. The third-order valence-corrected chi connectivity index (χ3v) is 14.2. The molecule has 0 fully saturated rings. The number of hydrogen-bond donors (Lipinski definition) is 0. The lowest BCUT2D eigenvalue weighted by molar-refractivity contribution is -0.167. The summed E-state index contributed by atoms with van der Waals surface area (Å²) in [6.07, 6.45) is 70.3. The molecule has 0 saturated carbocycles. The zero-order valence-corrected chi connectivity index (χ0v) is 47.3. The van der Waals surface area contributed by atoms with Gasteiger partial charge in [0.25, 0.3) is 0 Å². The van der Waals surface area contributed by atoms with E-state index in [4.69, 9.17) is 14.2 Å². The van der Waals surface area contributed by atoms with Gasteiger partial charge in [-0.3, -0.25) is 14.4 Å². The molecule has 0 aromatic heterocycles. The monoisotopic (exact) mass is 985 g/mol. The van der Waals surface area contributed by atoms with Gasteiger partial charge in [0, 0.05) is 19.3 Å². The highest BCUT2D eigenvalue weighted by Crippen LogP contribution is 2.17. The highest BCUT2D eigenvalue weighted by Gasteiger charge is 2.19. The van der Waals surface area contributed by atoms with E-state index >= 15 is 0 Å². The lowest BCUT2D eigenvalue weighted by Crippen LogP contribution is -2.30. The van der Waals surface area contributed by atoms with E-state index in [0.717, 1.165) is 64.2 Å². The smallest absolute Gasteiger partial charge is 0.306 e. The maximum absolute atomic E-state index is 12.9. The molecule has 0 saturated heterocycles. The van der Waals surface area contributed by atoms with Crippen molar-refractivity contribution < 1.29 is 28.6 Å². The fourth-order valence-corrected chi connectivity index (χ4v) is 9.44. The van der Waals surface area contributed by atoms with Crippen LogP contribution in [0.2, 0.25) is 0 Å². The number of carbonyl (C=O) groups is 3. The van der Waals surface area contributed by atoms with Crippen LogP contribution in [0.25, 0.3) is 0 Å². The molecule has 6 heteroatoms. The zero-order valence-electron chi connectivity index (χ0n) is 47.3. The van der Waals surface area contributed by atoms with E-state index < -0.39 is 6.10 Å². The summed E-state index contributed by atoms with van der Waals surface area (Å²) < 4.78 is 16.9. The number of hydrogen-bond acceptors (Lipinski definition) is 6. The molecule has 6 nitrogen and oxygen atoms in total. The van der Waals surface area contributed by atoms with Crippen molar-refractivity contribution in [3.63, 3.8) is 0 Å². The van der Waals surface area contributed by atoms with Crippen LogP contribution in [0.5, 0.6) is 0 Å². The molecule has 0 aliphatic rings. The zero-order chi connectivity index (χ0) is 50.7. The van der Waals surface area contributed by atoms with E-state index in [1.54, 1.807) is 0 Å². The van der Waals surface area contributed by atoms with Crippen LogP contribution in [0.15, 0.2) is 24.3 Å². The highest BCUT2D eigenvalue weighted by atomic mass is 16.6. The van der Waals surface area contributed by atoms with Crippen molar-refractivity contribution in [2.45, 2.75) is 354 Å². The summed E-state index contributed by atoms with van der Waals surface area (Å²) in [4.78, 5) is 38.3. The van der Waals surface area contributed by atoms with E-state index in [1.807, 2.05) is 0 Å². The van der Waals surface area contributed by atoms with E-state index in [0.29, 0.717) is 19.3 Å². The largest absolute Gasteiger partial charge is 0.462 e. The van der Waals surface area contributed by atoms with Crippen LogP contribution in [0.1, 0.15) is 348 Å². The molecule has 1 atom stereocenters. The van der Waals surface area contributed by atoms with Gasteiger partial charge in [0.05, 0.1) is 0 Å². The van der Waals surface area contributed by atoms with Crippen LogP contribution in [0.3, 0.4) is 0 Å². The second-order valence-corrected chi connectivity index (χ2v) is 21.3. The average molecular weight is 986 g/mol. The van der Waals surface area contributed by atoms with Gasteiger partial charge in [-0.25, -0.2) is 0 Å². The van der Waals surface area contributed by atoms with Crippen molar-refractivity contribution in [2.24, 2.45) is 0 Å². The molecular formula is C64H120O6. The molecule has 0 unspecified atom stereocenters. The molecule has 0 aromatic rings. The molecule has 0 radical (unpaired) electrons. The predicted molar refractivity (Wildman–Crippen MR) is 303 cm³/mol. The van der Waals surface area contributed by atoms with Crippen molar-refractivity contribution in [1.29, 1.82) is 0 Å². The fourth-order valence-electron chi connectivity index (χ4n) is 9.44. The second-order valence-electron chi connectivity index (χ2n) is 21.3. The van der Waals surface area contributed by atoms with Crippen molar-refractivity contribution in [3.05, 3.63) is 24.3 Å². The minimum atomic E-state index is -0.773. The molecule has 0 heterocycles. The highest BCUT2D eigenvalue weighted by molar-refractivity contribution is 5.71. The van der Waals surface area contributed by atoms with Crippen LogP contribution in [0, 0.1) is 0 Å². The van der Waals surface area contributed by atoms with Crippen LogP contribution < -0.4 is 0 Å². The van der Waals surface area contributed by atoms with Crippen molar-refractivity contribution in [2.75, 3.05) is 13.2 Å². The first-order valence-electron chi connectivity index (χ1n) is 31.3. The molecular weight excluding hydrogens is 865 g/mol. The minimum absolute atomic E-state index is 0.0715. The molecule has 412 valence electrons. The molecule has 0 spiro atoms. The van der Waals surface area contributed by atoms with Gasteiger partial charge >= 0.3 is 17.9 Å². The molecule has 0 aromatic carbocycles. The Morgan fingerprint density at radius 2 is 0.471 bits per heavy atom. The van der Waals surface area contributed by atoms with Crippen LogP contribution in [0.4, 0.5) is 0 Å². The van der Waals surface area contributed by atoms with Crippen molar-refractivity contribution in [1.82, 2.24) is 0 Å². The molecule has 0 aliphatic heterocycles. The Morgan fingerprint density at radius 3 is 0.714 bits per heavy atom. The van der Waals surface area contributed by atoms with Crippen LogP contribution >= 0.6 is 0 Å². The van der Waals surface area contributed by atoms with Gasteiger partial charge in [-0.2, -0.15) is 0 Å². The Hall–Kier alpha value is -2.11. The number of carbonyl (C=O) groups excluding carboxylic acids is 3. The molecule has 0 rings (SSSR count). The topological polar surface area (TPSA) is 78.9 Å². The number of ether oxygens (including phenoxy) is 3. The molecule has 0 bridgehead atoms. The van der Waals surface area contributed by atoms with Crippen LogP contribution in [-0.2, 0) is 28.6 Å². The Morgan fingerprint density at radius 1 is 0.271 bits per heavy atom. The quantitative estimate of drug-likeness (QED) is 0.0261. The normalized spacial score (nSPS) is 12.1. The SMILES string of the molecule is CCCCCCC/C=C\CCCCCCCC(=O)OC[C@H](COC(=O)CCCCCCCCC/C=C\CCCCCCCCCC)OC(=O)CCCCCCCCCCCCCCCCCCCCC. The van der Waals surface area contributed by atoms with Gasteiger partial charge < -0.3 is 14.2 Å². The van der Waals surface area contributed by atoms with E-state index in [9.17, 15) is 14.4 Å². The Kier molecular flexibility index (Phi) is 57.7. The van der Waals surface area contributed by atoms with Gasteiger partial charge in [0.2, 0.25) is 0 Å². The maximum Gasteiger partial charge on any atom is 0.306 e. The Bertz CT molecular complexity index is 1130. The number of rotatable bonds is 58. The van der Waals surface area contributed by atoms with Gasteiger partial charge in [0.15, 0.2) is 6.10 Å². The summed E-state index contributed by atoms with van der Waals surface area (Å²) >= 11 is 0. The second kappa shape index (κ2) is 59.5. The van der Waals surface area contributed by atoms with Gasteiger partial charge in [-0.1, -0.05) is 283 Å². The first-order valence-corrected chi connectivity index (χ1v) is 31.3. The van der Waals surface area contributed by atoms with Crippen molar-refractivity contribution in [3.8, 4) is 0 Å². The third-order valence-electron chi connectivity index (χ3n) is 14.2. The summed E-state index contributed by atoms with van der Waals surface area (Å²) in [5.74, 6) is -0.859. The Balaban J connectivity index is 4.31. The minimum Gasteiger partial charge on any atom is -0.462 e. The fraction of sp³-hybridized carbons (Fsp3) is 0.891. The number of allylic oxidation sites excluding steroid dienone is 4. The molecule has 0 amide bonds. The van der Waals surface area contributed by atoms with Gasteiger partial charge in [-0.15, -0.1) is 0 Å². The van der Waals surface area contributed by atoms with Gasteiger partial charge in [0.1, 0.15) is 13.2 Å². The third kappa shape index (κ3) is 56.8. The predicted octanol–water partition coefficient (Wildman–Crippen LogP) is 21.1. The number of unbranched alkanes of at least 4 members (excludes halogenated alkanes) is 43. The summed E-state index contributed by atoms with van der Waals surface area (Å²) in [6, 6.07) is 0. The molecule has 0 N–H and O–H groups in total. The summed E-state index contributed by atoms with van der Waals surface area (Å²) in [5, 5.41) is 0. The lowest BCUT2D eigenvalue weighted by atomic mass is 10.0. The average Bonchev–Trinajstić information content (AvgIpc) is 3.36. The van der Waals surface area contributed by atoms with Crippen molar-refractivity contribution >= 4 is 17.9 Å². The van der Waals surface area contributed by atoms with Crippen LogP contribution in [-0.4, -0.2) is 37.2 Å². The van der Waals surface area contributed by atoms with E-state index in [-0.39, 0.29) is 31.1 Å².